The Morgan fingerprint density at radius 3 is 2.61 bits per heavy atom. The van der Waals surface area contributed by atoms with Gasteiger partial charge in [0.2, 0.25) is 5.88 Å². The van der Waals surface area contributed by atoms with E-state index in [0.29, 0.717) is 5.88 Å². The highest BCUT2D eigenvalue weighted by molar-refractivity contribution is 9.10. The second-order valence-electron chi connectivity index (χ2n) is 5.13. The van der Waals surface area contributed by atoms with Gasteiger partial charge >= 0.3 is 6.09 Å². The molecule has 1 aromatic heterocycles. The zero-order valence-corrected chi connectivity index (χ0v) is 14.6. The number of alkyl carbamates (subject to hydrolysis) is 1. The number of halogens is 1. The fourth-order valence-electron chi connectivity index (χ4n) is 1.79. The molecule has 1 aromatic carbocycles. The van der Waals surface area contributed by atoms with Crippen LogP contribution in [0.5, 0.6) is 5.88 Å². The van der Waals surface area contributed by atoms with E-state index in [1.54, 1.807) is 12.3 Å². The molecule has 0 radical (unpaired) electrons. The molecule has 0 aliphatic heterocycles. The molecular formula is C17H19BrN2O3. The quantitative estimate of drug-likeness (QED) is 0.826. The molecule has 6 heteroatoms. The van der Waals surface area contributed by atoms with Crippen LogP contribution in [0, 0.1) is 0 Å². The monoisotopic (exact) mass is 378 g/mol. The van der Waals surface area contributed by atoms with Crippen molar-refractivity contribution in [2.24, 2.45) is 0 Å². The average molecular weight is 379 g/mol. The van der Waals surface area contributed by atoms with Crippen molar-refractivity contribution in [1.82, 2.24) is 10.3 Å². The Bertz CT molecular complexity index is 619. The van der Waals surface area contributed by atoms with Crippen LogP contribution in [0.3, 0.4) is 0 Å². The number of carbonyl (C=O) groups is 1. The van der Waals surface area contributed by atoms with Crippen molar-refractivity contribution in [3.05, 3.63) is 58.7 Å². The second-order valence-corrected chi connectivity index (χ2v) is 6.05. The first-order valence-electron chi connectivity index (χ1n) is 7.30. The van der Waals surface area contributed by atoms with Crippen molar-refractivity contribution < 1.29 is 14.3 Å². The lowest BCUT2D eigenvalue weighted by Crippen LogP contribution is -2.42. The van der Waals surface area contributed by atoms with Crippen molar-refractivity contribution in [2.75, 3.05) is 0 Å². The zero-order valence-electron chi connectivity index (χ0n) is 13.0. The molecule has 0 spiro atoms. The first-order valence-corrected chi connectivity index (χ1v) is 8.09. The fourth-order valence-corrected chi connectivity index (χ4v) is 2.03. The van der Waals surface area contributed by atoms with Gasteiger partial charge in [0.05, 0.1) is 6.04 Å². The summed E-state index contributed by atoms with van der Waals surface area (Å²) in [5.74, 6) is 0.506. The van der Waals surface area contributed by atoms with Crippen LogP contribution in [0.4, 0.5) is 4.79 Å². The Morgan fingerprint density at radius 1 is 1.22 bits per heavy atom. The number of rotatable bonds is 6. The van der Waals surface area contributed by atoms with Crippen LogP contribution < -0.4 is 10.1 Å². The number of hydrogen-bond acceptors (Lipinski definition) is 4. The van der Waals surface area contributed by atoms with Gasteiger partial charge in [-0.15, -0.1) is 0 Å². The van der Waals surface area contributed by atoms with Crippen molar-refractivity contribution in [3.63, 3.8) is 0 Å². The Balaban J connectivity index is 1.77. The summed E-state index contributed by atoms with van der Waals surface area (Å²) in [6, 6.07) is 12.9. The Hall–Kier alpha value is -2.08. The van der Waals surface area contributed by atoms with Crippen LogP contribution in [0.25, 0.3) is 0 Å². The Kier molecular flexibility index (Phi) is 6.40. The standard InChI is InChI=1S/C17H19BrN2O3/c1-12(13(2)23-16-9-8-15(18)10-19-16)20-17(21)22-11-14-6-4-3-5-7-14/h3-10,12-13H,11H2,1-2H3,(H,20,21)/t12-,13-/m0/s1. The minimum absolute atomic E-state index is 0.219. The molecule has 0 saturated heterocycles. The summed E-state index contributed by atoms with van der Waals surface area (Å²) >= 11 is 3.32. The van der Waals surface area contributed by atoms with Gasteiger partial charge in [-0.2, -0.15) is 0 Å². The highest BCUT2D eigenvalue weighted by Crippen LogP contribution is 2.14. The minimum Gasteiger partial charge on any atom is -0.472 e. The molecule has 0 saturated carbocycles. The maximum Gasteiger partial charge on any atom is 0.407 e. The number of carbonyl (C=O) groups excluding carboxylic acids is 1. The van der Waals surface area contributed by atoms with E-state index in [9.17, 15) is 4.79 Å². The van der Waals surface area contributed by atoms with Crippen molar-refractivity contribution in [3.8, 4) is 5.88 Å². The first-order chi connectivity index (χ1) is 11.0. The molecule has 1 heterocycles. The van der Waals surface area contributed by atoms with Gasteiger partial charge in [-0.05, 0) is 41.4 Å². The van der Waals surface area contributed by atoms with E-state index in [4.69, 9.17) is 9.47 Å². The third-order valence-electron chi connectivity index (χ3n) is 3.27. The lowest BCUT2D eigenvalue weighted by molar-refractivity contribution is 0.119. The van der Waals surface area contributed by atoms with E-state index >= 15 is 0 Å². The number of benzene rings is 1. The molecule has 122 valence electrons. The van der Waals surface area contributed by atoms with Gasteiger partial charge in [0, 0.05) is 16.7 Å². The number of ether oxygens (including phenoxy) is 2. The van der Waals surface area contributed by atoms with Crippen LogP contribution in [-0.4, -0.2) is 23.2 Å². The fraction of sp³-hybridized carbons (Fsp3) is 0.294. The van der Waals surface area contributed by atoms with Gasteiger partial charge in [0.15, 0.2) is 0 Å². The van der Waals surface area contributed by atoms with Gasteiger partial charge < -0.3 is 14.8 Å². The molecule has 0 fully saturated rings. The van der Waals surface area contributed by atoms with Gasteiger partial charge in [-0.25, -0.2) is 9.78 Å². The average Bonchev–Trinajstić information content (AvgIpc) is 2.56. The van der Waals surface area contributed by atoms with Crippen LogP contribution in [0.15, 0.2) is 53.1 Å². The predicted molar refractivity (Wildman–Crippen MR) is 91.3 cm³/mol. The molecular weight excluding hydrogens is 360 g/mol. The van der Waals surface area contributed by atoms with Crippen LogP contribution in [-0.2, 0) is 11.3 Å². The largest absolute Gasteiger partial charge is 0.472 e. The summed E-state index contributed by atoms with van der Waals surface area (Å²) in [6.45, 7) is 3.96. The highest BCUT2D eigenvalue weighted by Gasteiger charge is 2.17. The summed E-state index contributed by atoms with van der Waals surface area (Å²) in [6.07, 6.45) is 0.947. The molecule has 2 atom stereocenters. The summed E-state index contributed by atoms with van der Waals surface area (Å²) in [5, 5.41) is 2.76. The predicted octanol–water partition coefficient (Wildman–Crippen LogP) is 3.93. The van der Waals surface area contributed by atoms with Crippen molar-refractivity contribution in [2.45, 2.75) is 32.6 Å². The lowest BCUT2D eigenvalue weighted by atomic mass is 10.2. The molecule has 0 aliphatic carbocycles. The number of amides is 1. The van der Waals surface area contributed by atoms with Gasteiger partial charge in [-0.1, -0.05) is 30.3 Å². The van der Waals surface area contributed by atoms with Crippen LogP contribution in [0.1, 0.15) is 19.4 Å². The molecule has 2 rings (SSSR count). The van der Waals surface area contributed by atoms with E-state index in [2.05, 4.69) is 26.2 Å². The normalized spacial score (nSPS) is 13.0. The minimum atomic E-state index is -0.472. The molecule has 1 amide bonds. The topological polar surface area (TPSA) is 60.5 Å². The molecule has 23 heavy (non-hydrogen) atoms. The summed E-state index contributed by atoms with van der Waals surface area (Å²) in [4.78, 5) is 16.0. The summed E-state index contributed by atoms with van der Waals surface area (Å²) < 4.78 is 11.8. The van der Waals surface area contributed by atoms with Crippen LogP contribution in [0.2, 0.25) is 0 Å². The van der Waals surface area contributed by atoms with E-state index in [1.165, 1.54) is 0 Å². The lowest BCUT2D eigenvalue weighted by Gasteiger charge is -2.21. The maximum absolute atomic E-state index is 11.8. The highest BCUT2D eigenvalue weighted by atomic mass is 79.9. The zero-order chi connectivity index (χ0) is 16.7. The van der Waals surface area contributed by atoms with Crippen LogP contribution >= 0.6 is 15.9 Å². The maximum atomic E-state index is 11.8. The third-order valence-corrected chi connectivity index (χ3v) is 3.74. The SMILES string of the molecule is C[C@H](NC(=O)OCc1ccccc1)[C@H](C)Oc1ccc(Br)cn1. The second kappa shape index (κ2) is 8.53. The summed E-state index contributed by atoms with van der Waals surface area (Å²) in [7, 11) is 0. The Morgan fingerprint density at radius 2 is 1.96 bits per heavy atom. The van der Waals surface area contributed by atoms with Crippen molar-refractivity contribution >= 4 is 22.0 Å². The molecule has 0 unspecified atom stereocenters. The first kappa shape index (κ1) is 17.3. The number of nitrogens with zero attached hydrogens (tertiary/aromatic N) is 1. The summed E-state index contributed by atoms with van der Waals surface area (Å²) in [5.41, 5.74) is 0.943. The van der Waals surface area contributed by atoms with E-state index in [-0.39, 0.29) is 18.8 Å². The van der Waals surface area contributed by atoms with E-state index in [1.807, 2.05) is 50.2 Å². The molecule has 1 N–H and O–H groups in total. The van der Waals surface area contributed by atoms with Gasteiger partial charge in [-0.3, -0.25) is 0 Å². The van der Waals surface area contributed by atoms with Gasteiger partial charge in [0.1, 0.15) is 12.7 Å². The molecule has 2 aromatic rings. The number of aromatic nitrogens is 1. The Labute approximate surface area is 144 Å². The third kappa shape index (κ3) is 5.90. The molecule has 0 bridgehead atoms. The number of nitrogens with one attached hydrogen (secondary N) is 1. The van der Waals surface area contributed by atoms with Crippen molar-refractivity contribution in [1.29, 1.82) is 0 Å². The van der Waals surface area contributed by atoms with E-state index in [0.717, 1.165) is 10.0 Å². The van der Waals surface area contributed by atoms with Gasteiger partial charge in [0.25, 0.3) is 0 Å². The number of hydrogen-bond donors (Lipinski definition) is 1. The molecule has 5 nitrogen and oxygen atoms in total. The smallest absolute Gasteiger partial charge is 0.407 e. The van der Waals surface area contributed by atoms with E-state index < -0.39 is 6.09 Å². The number of pyridine rings is 1. The molecule has 0 aliphatic rings.